The molecule has 3 amide bonds. The Bertz CT molecular complexity index is 838. The monoisotopic (exact) mass is 367 g/mol. The lowest BCUT2D eigenvalue weighted by Crippen LogP contribution is -2.40. The molecule has 0 radical (unpaired) electrons. The summed E-state index contributed by atoms with van der Waals surface area (Å²) in [7, 11) is 1.60. The zero-order valence-electron chi connectivity index (χ0n) is 16.1. The Morgan fingerprint density at radius 2 is 1.74 bits per heavy atom. The second-order valence-electron chi connectivity index (χ2n) is 6.98. The summed E-state index contributed by atoms with van der Waals surface area (Å²) < 4.78 is 5.15. The minimum Gasteiger partial charge on any atom is -0.497 e. The van der Waals surface area contributed by atoms with E-state index in [1.165, 1.54) is 0 Å². The number of nitrogens with one attached hydrogen (secondary N) is 2. The molecule has 27 heavy (non-hydrogen) atoms. The molecule has 2 aromatic carbocycles. The van der Waals surface area contributed by atoms with Gasteiger partial charge in [-0.25, -0.2) is 4.79 Å². The molecule has 3 rings (SSSR count). The van der Waals surface area contributed by atoms with Crippen LogP contribution >= 0.6 is 0 Å². The minimum absolute atomic E-state index is 0.00633. The van der Waals surface area contributed by atoms with Gasteiger partial charge in [0.2, 0.25) is 5.91 Å². The quantitative estimate of drug-likeness (QED) is 0.868. The summed E-state index contributed by atoms with van der Waals surface area (Å²) in [6.07, 6.45) is 0.283. The molecule has 1 fully saturated rings. The lowest BCUT2D eigenvalue weighted by Gasteiger charge is -2.18. The molecule has 2 aromatic rings. The van der Waals surface area contributed by atoms with Crippen LogP contribution in [0.2, 0.25) is 0 Å². The smallest absolute Gasteiger partial charge is 0.319 e. The first-order valence-corrected chi connectivity index (χ1v) is 8.97. The van der Waals surface area contributed by atoms with E-state index in [1.807, 2.05) is 57.2 Å². The van der Waals surface area contributed by atoms with E-state index in [9.17, 15) is 9.59 Å². The Hall–Kier alpha value is -3.02. The second-order valence-corrected chi connectivity index (χ2v) is 6.98. The van der Waals surface area contributed by atoms with Crippen molar-refractivity contribution >= 4 is 23.3 Å². The van der Waals surface area contributed by atoms with E-state index in [-0.39, 0.29) is 24.4 Å². The number of hydrogen-bond acceptors (Lipinski definition) is 3. The first-order chi connectivity index (χ1) is 12.9. The third kappa shape index (κ3) is 4.22. The molecule has 6 heteroatoms. The highest BCUT2D eigenvalue weighted by Gasteiger charge is 2.31. The molecular weight excluding hydrogens is 342 g/mol. The molecule has 0 bridgehead atoms. The van der Waals surface area contributed by atoms with Gasteiger partial charge < -0.3 is 20.3 Å². The largest absolute Gasteiger partial charge is 0.497 e. The summed E-state index contributed by atoms with van der Waals surface area (Å²) in [4.78, 5) is 26.5. The van der Waals surface area contributed by atoms with Gasteiger partial charge in [-0.15, -0.1) is 0 Å². The molecule has 0 spiro atoms. The van der Waals surface area contributed by atoms with Gasteiger partial charge in [0.05, 0.1) is 13.2 Å². The van der Waals surface area contributed by atoms with Crippen LogP contribution < -0.4 is 20.3 Å². The van der Waals surface area contributed by atoms with E-state index in [0.29, 0.717) is 6.54 Å². The zero-order chi connectivity index (χ0) is 19.6. The highest BCUT2D eigenvalue weighted by atomic mass is 16.5. The molecule has 0 unspecified atom stereocenters. The Labute approximate surface area is 159 Å². The van der Waals surface area contributed by atoms with Crippen molar-refractivity contribution in [2.45, 2.75) is 33.2 Å². The van der Waals surface area contributed by atoms with Crippen LogP contribution in [0.3, 0.4) is 0 Å². The topological polar surface area (TPSA) is 70.7 Å². The van der Waals surface area contributed by atoms with Gasteiger partial charge in [-0.2, -0.15) is 0 Å². The first-order valence-electron chi connectivity index (χ1n) is 8.97. The van der Waals surface area contributed by atoms with Gasteiger partial charge >= 0.3 is 6.03 Å². The maximum atomic E-state index is 12.4. The molecule has 1 heterocycles. The Morgan fingerprint density at radius 1 is 1.11 bits per heavy atom. The number of anilines is 2. The number of amides is 3. The molecule has 6 nitrogen and oxygen atoms in total. The van der Waals surface area contributed by atoms with Crippen LogP contribution in [0, 0.1) is 20.8 Å². The predicted molar refractivity (Wildman–Crippen MR) is 107 cm³/mol. The third-order valence-corrected chi connectivity index (χ3v) is 4.76. The Morgan fingerprint density at radius 3 is 2.33 bits per heavy atom. The molecule has 1 atom stereocenters. The molecule has 1 saturated heterocycles. The van der Waals surface area contributed by atoms with E-state index in [1.54, 1.807) is 12.0 Å². The van der Waals surface area contributed by atoms with E-state index in [2.05, 4.69) is 10.6 Å². The van der Waals surface area contributed by atoms with Crippen molar-refractivity contribution < 1.29 is 14.3 Å². The summed E-state index contributed by atoms with van der Waals surface area (Å²) in [5.41, 5.74) is 4.81. The van der Waals surface area contributed by atoms with Gasteiger partial charge in [0.1, 0.15) is 5.75 Å². The molecule has 0 saturated carbocycles. The summed E-state index contributed by atoms with van der Waals surface area (Å²) in [5.74, 6) is 0.733. The number of carbonyl (C=O) groups is 2. The van der Waals surface area contributed by atoms with Crippen molar-refractivity contribution in [3.63, 3.8) is 0 Å². The van der Waals surface area contributed by atoms with Gasteiger partial charge in [0.15, 0.2) is 0 Å². The SMILES string of the molecule is COc1ccc(N2C[C@H](NC(=O)Nc3c(C)cc(C)cc3C)CC2=O)cc1. The molecule has 2 N–H and O–H groups in total. The van der Waals surface area contributed by atoms with Gasteiger partial charge in [-0.05, 0) is 56.2 Å². The Kier molecular flexibility index (Phi) is 5.35. The van der Waals surface area contributed by atoms with Crippen LogP contribution in [0.15, 0.2) is 36.4 Å². The van der Waals surface area contributed by atoms with Crippen LogP contribution in [0.1, 0.15) is 23.1 Å². The lowest BCUT2D eigenvalue weighted by atomic mass is 10.1. The maximum absolute atomic E-state index is 12.4. The Balaban J connectivity index is 1.63. The fourth-order valence-electron chi connectivity index (χ4n) is 3.53. The van der Waals surface area contributed by atoms with Crippen LogP contribution in [0.5, 0.6) is 5.75 Å². The molecule has 0 aromatic heterocycles. The fourth-order valence-corrected chi connectivity index (χ4v) is 3.53. The van der Waals surface area contributed by atoms with Crippen molar-refractivity contribution in [3.8, 4) is 5.75 Å². The van der Waals surface area contributed by atoms with Crippen molar-refractivity contribution in [2.75, 3.05) is 23.9 Å². The molecular formula is C21H25N3O3. The number of rotatable bonds is 4. The highest BCUT2D eigenvalue weighted by Crippen LogP contribution is 2.25. The van der Waals surface area contributed by atoms with E-state index in [4.69, 9.17) is 4.74 Å². The average Bonchev–Trinajstić information content (AvgIpc) is 2.98. The number of benzene rings is 2. The number of nitrogens with zero attached hydrogens (tertiary/aromatic N) is 1. The number of aryl methyl sites for hydroxylation is 3. The highest BCUT2D eigenvalue weighted by molar-refractivity contribution is 5.98. The average molecular weight is 367 g/mol. The summed E-state index contributed by atoms with van der Waals surface area (Å²) in [5, 5.41) is 5.83. The molecule has 0 aliphatic carbocycles. The number of hydrogen-bond donors (Lipinski definition) is 2. The fraction of sp³-hybridized carbons (Fsp3) is 0.333. The van der Waals surface area contributed by atoms with Crippen LogP contribution in [-0.4, -0.2) is 31.6 Å². The summed E-state index contributed by atoms with van der Waals surface area (Å²) in [6, 6.07) is 10.9. The van der Waals surface area contributed by atoms with Gasteiger partial charge in [0, 0.05) is 24.3 Å². The summed E-state index contributed by atoms with van der Waals surface area (Å²) >= 11 is 0. The lowest BCUT2D eigenvalue weighted by molar-refractivity contribution is -0.117. The van der Waals surface area contributed by atoms with E-state index in [0.717, 1.165) is 33.8 Å². The number of ether oxygens (including phenoxy) is 1. The number of methoxy groups -OCH3 is 1. The van der Waals surface area contributed by atoms with E-state index >= 15 is 0 Å². The van der Waals surface area contributed by atoms with Crippen LogP contribution in [0.4, 0.5) is 16.2 Å². The standard InChI is InChI=1S/C21H25N3O3/c1-13-9-14(2)20(15(3)10-13)23-21(26)22-16-11-19(25)24(12-16)17-5-7-18(27-4)8-6-17/h5-10,16H,11-12H2,1-4H3,(H2,22,23,26)/t16-/m1/s1. The van der Waals surface area contributed by atoms with Crippen LogP contribution in [-0.2, 0) is 4.79 Å². The molecule has 142 valence electrons. The van der Waals surface area contributed by atoms with Crippen molar-refractivity contribution in [1.82, 2.24) is 5.32 Å². The first kappa shape index (κ1) is 18.8. The molecule has 1 aliphatic rings. The zero-order valence-corrected chi connectivity index (χ0v) is 16.1. The van der Waals surface area contributed by atoms with E-state index < -0.39 is 0 Å². The molecule has 1 aliphatic heterocycles. The maximum Gasteiger partial charge on any atom is 0.319 e. The van der Waals surface area contributed by atoms with Crippen LogP contribution in [0.25, 0.3) is 0 Å². The third-order valence-electron chi connectivity index (χ3n) is 4.76. The van der Waals surface area contributed by atoms with Gasteiger partial charge in [0.25, 0.3) is 0 Å². The minimum atomic E-state index is -0.292. The number of carbonyl (C=O) groups excluding carboxylic acids is 2. The van der Waals surface area contributed by atoms with Crippen molar-refractivity contribution in [1.29, 1.82) is 0 Å². The van der Waals surface area contributed by atoms with Crippen molar-refractivity contribution in [2.24, 2.45) is 0 Å². The predicted octanol–water partition coefficient (Wildman–Crippen LogP) is 3.55. The normalized spacial score (nSPS) is 16.4. The summed E-state index contributed by atoms with van der Waals surface area (Å²) in [6.45, 7) is 6.42. The second kappa shape index (κ2) is 7.70. The number of urea groups is 1. The van der Waals surface area contributed by atoms with Crippen molar-refractivity contribution in [3.05, 3.63) is 53.1 Å². The van der Waals surface area contributed by atoms with Gasteiger partial charge in [-0.1, -0.05) is 17.7 Å². The van der Waals surface area contributed by atoms with Gasteiger partial charge in [-0.3, -0.25) is 4.79 Å².